The van der Waals surface area contributed by atoms with Crippen LogP contribution in [0.2, 0.25) is 0 Å². The molecule has 146 valence electrons. The zero-order valence-corrected chi connectivity index (χ0v) is 15.5. The highest BCUT2D eigenvalue weighted by Gasteiger charge is 2.26. The monoisotopic (exact) mass is 391 g/mol. The van der Waals surface area contributed by atoms with Crippen molar-refractivity contribution in [2.75, 3.05) is 31.1 Å². The number of fused-ring (bicyclic) bond motifs is 1. The molecule has 0 unspecified atom stereocenters. The number of piperazine rings is 1. The minimum absolute atomic E-state index is 0.102. The maximum absolute atomic E-state index is 13.6. The first kappa shape index (κ1) is 17.4. The van der Waals surface area contributed by atoms with Gasteiger partial charge in [0.2, 0.25) is 0 Å². The Bertz CT molecular complexity index is 1160. The topological polar surface area (TPSA) is 66.9 Å². The summed E-state index contributed by atoms with van der Waals surface area (Å²) in [5.74, 6) is 0.714. The van der Waals surface area contributed by atoms with E-state index in [0.29, 0.717) is 37.6 Å². The summed E-state index contributed by atoms with van der Waals surface area (Å²) < 4.78 is 20.8. The predicted molar refractivity (Wildman–Crippen MR) is 105 cm³/mol. The van der Waals surface area contributed by atoms with Gasteiger partial charge in [0, 0.05) is 44.1 Å². The quantitative estimate of drug-likeness (QED) is 0.537. The van der Waals surface area contributed by atoms with Crippen LogP contribution in [0.4, 0.5) is 10.2 Å². The van der Waals surface area contributed by atoms with Crippen molar-refractivity contribution in [3.8, 4) is 11.3 Å². The Balaban J connectivity index is 1.40. The molecule has 7 nitrogen and oxygen atoms in total. The Morgan fingerprint density at radius 3 is 2.69 bits per heavy atom. The van der Waals surface area contributed by atoms with Crippen LogP contribution in [0.5, 0.6) is 0 Å². The largest absolute Gasteiger partial charge is 0.459 e. The maximum atomic E-state index is 13.6. The summed E-state index contributed by atoms with van der Waals surface area (Å²) in [5.41, 5.74) is 2.26. The number of rotatable bonds is 3. The van der Waals surface area contributed by atoms with Crippen molar-refractivity contribution >= 4 is 17.4 Å². The van der Waals surface area contributed by atoms with E-state index in [9.17, 15) is 9.18 Å². The Kier molecular flexibility index (Phi) is 4.23. The lowest BCUT2D eigenvalue weighted by Gasteiger charge is -2.35. The standard InChI is InChI=1S/C21H18FN5O2/c22-16-4-1-3-15(13-16)17-14-24-20-19(23-6-7-27(17)20)25-8-10-26(11-9-25)21(28)18-5-2-12-29-18/h1-7,12-14H,8-11H2. The van der Waals surface area contributed by atoms with Crippen LogP contribution in [0.25, 0.3) is 16.9 Å². The summed E-state index contributed by atoms with van der Waals surface area (Å²) in [6.07, 6.45) is 6.77. The smallest absolute Gasteiger partial charge is 0.289 e. The van der Waals surface area contributed by atoms with Crippen molar-refractivity contribution in [1.82, 2.24) is 19.3 Å². The number of aromatic nitrogens is 3. The first-order valence-electron chi connectivity index (χ1n) is 9.36. The van der Waals surface area contributed by atoms with Gasteiger partial charge in [0.05, 0.1) is 18.2 Å². The lowest BCUT2D eigenvalue weighted by molar-refractivity contribution is 0.0714. The molecule has 0 aliphatic carbocycles. The lowest BCUT2D eigenvalue weighted by Crippen LogP contribution is -2.49. The van der Waals surface area contributed by atoms with Gasteiger partial charge in [0.1, 0.15) is 5.82 Å². The third-order valence-corrected chi connectivity index (χ3v) is 5.13. The normalized spacial score (nSPS) is 14.5. The molecule has 1 aromatic carbocycles. The van der Waals surface area contributed by atoms with E-state index >= 15 is 0 Å². The Hall–Kier alpha value is -3.68. The highest BCUT2D eigenvalue weighted by Crippen LogP contribution is 2.26. The van der Waals surface area contributed by atoms with Crippen LogP contribution in [0.1, 0.15) is 10.6 Å². The van der Waals surface area contributed by atoms with Gasteiger partial charge in [-0.1, -0.05) is 12.1 Å². The van der Waals surface area contributed by atoms with Crippen molar-refractivity contribution in [2.24, 2.45) is 0 Å². The fraction of sp³-hybridized carbons (Fsp3) is 0.190. The molecule has 0 N–H and O–H groups in total. The molecule has 1 saturated heterocycles. The number of hydrogen-bond acceptors (Lipinski definition) is 5. The van der Waals surface area contributed by atoms with Gasteiger partial charge in [-0.05, 0) is 24.3 Å². The number of carbonyl (C=O) groups is 1. The van der Waals surface area contributed by atoms with Gasteiger partial charge < -0.3 is 14.2 Å². The summed E-state index contributed by atoms with van der Waals surface area (Å²) in [4.78, 5) is 25.4. The minimum Gasteiger partial charge on any atom is -0.459 e. The average Bonchev–Trinajstić information content (AvgIpc) is 3.43. The summed E-state index contributed by atoms with van der Waals surface area (Å²) in [7, 11) is 0. The summed E-state index contributed by atoms with van der Waals surface area (Å²) in [6.45, 7) is 2.42. The van der Waals surface area contributed by atoms with E-state index in [1.165, 1.54) is 18.4 Å². The summed E-state index contributed by atoms with van der Waals surface area (Å²) in [5, 5.41) is 0. The van der Waals surface area contributed by atoms with E-state index in [-0.39, 0.29) is 11.7 Å². The molecule has 4 aromatic rings. The highest BCUT2D eigenvalue weighted by molar-refractivity contribution is 5.91. The molecule has 1 aliphatic rings. The maximum Gasteiger partial charge on any atom is 0.289 e. The van der Waals surface area contributed by atoms with Gasteiger partial charge in [0.25, 0.3) is 5.91 Å². The molecule has 1 fully saturated rings. The zero-order chi connectivity index (χ0) is 19.8. The van der Waals surface area contributed by atoms with Crippen molar-refractivity contribution in [3.05, 3.63) is 72.8 Å². The fourth-order valence-electron chi connectivity index (χ4n) is 3.67. The van der Waals surface area contributed by atoms with E-state index in [2.05, 4.69) is 14.9 Å². The van der Waals surface area contributed by atoms with E-state index in [1.54, 1.807) is 35.5 Å². The number of hydrogen-bond donors (Lipinski definition) is 0. The number of amides is 1. The number of benzene rings is 1. The van der Waals surface area contributed by atoms with Crippen LogP contribution in [0.3, 0.4) is 0 Å². The number of furan rings is 1. The molecule has 0 atom stereocenters. The van der Waals surface area contributed by atoms with E-state index in [1.807, 2.05) is 16.7 Å². The number of carbonyl (C=O) groups excluding carboxylic acids is 1. The van der Waals surface area contributed by atoms with E-state index < -0.39 is 0 Å². The molecule has 5 rings (SSSR count). The SMILES string of the molecule is O=C(c1ccco1)N1CCN(c2nccn3c(-c4cccc(F)c4)cnc23)CC1. The Labute approximate surface area is 166 Å². The third-order valence-electron chi connectivity index (χ3n) is 5.13. The van der Waals surface area contributed by atoms with Crippen molar-refractivity contribution in [2.45, 2.75) is 0 Å². The van der Waals surface area contributed by atoms with Crippen molar-refractivity contribution in [3.63, 3.8) is 0 Å². The third kappa shape index (κ3) is 3.12. The van der Waals surface area contributed by atoms with Crippen molar-refractivity contribution < 1.29 is 13.6 Å². The zero-order valence-electron chi connectivity index (χ0n) is 15.5. The number of imidazole rings is 1. The molecule has 8 heteroatoms. The molecular formula is C21H18FN5O2. The van der Waals surface area contributed by atoms with Gasteiger partial charge in [-0.25, -0.2) is 14.4 Å². The first-order valence-corrected chi connectivity index (χ1v) is 9.36. The molecular weight excluding hydrogens is 373 g/mol. The average molecular weight is 391 g/mol. The minimum atomic E-state index is -0.288. The van der Waals surface area contributed by atoms with Gasteiger partial charge in [-0.2, -0.15) is 0 Å². The van der Waals surface area contributed by atoms with E-state index in [4.69, 9.17) is 4.42 Å². The number of halogens is 1. The van der Waals surface area contributed by atoms with Crippen LogP contribution >= 0.6 is 0 Å². The van der Waals surface area contributed by atoms with Gasteiger partial charge in [-0.15, -0.1) is 0 Å². The fourth-order valence-corrected chi connectivity index (χ4v) is 3.67. The predicted octanol–water partition coefficient (Wildman–Crippen LogP) is 3.09. The first-order chi connectivity index (χ1) is 14.2. The highest BCUT2D eigenvalue weighted by atomic mass is 19.1. The van der Waals surface area contributed by atoms with E-state index in [0.717, 1.165) is 17.1 Å². The Morgan fingerprint density at radius 2 is 1.93 bits per heavy atom. The second-order valence-electron chi connectivity index (χ2n) is 6.85. The van der Waals surface area contributed by atoms with Crippen LogP contribution in [-0.4, -0.2) is 51.4 Å². The molecule has 0 spiro atoms. The summed E-state index contributed by atoms with van der Waals surface area (Å²) >= 11 is 0. The number of anilines is 1. The second-order valence-corrected chi connectivity index (χ2v) is 6.85. The number of nitrogens with zero attached hydrogens (tertiary/aromatic N) is 5. The molecule has 1 aliphatic heterocycles. The van der Waals surface area contributed by atoms with Gasteiger partial charge >= 0.3 is 0 Å². The molecule has 3 aromatic heterocycles. The van der Waals surface area contributed by atoms with Gasteiger partial charge in [0.15, 0.2) is 17.2 Å². The van der Waals surface area contributed by atoms with Gasteiger partial charge in [-0.3, -0.25) is 9.20 Å². The lowest BCUT2D eigenvalue weighted by atomic mass is 10.1. The Morgan fingerprint density at radius 1 is 1.07 bits per heavy atom. The molecule has 0 radical (unpaired) electrons. The van der Waals surface area contributed by atoms with Crippen LogP contribution in [-0.2, 0) is 0 Å². The molecule has 4 heterocycles. The van der Waals surface area contributed by atoms with Crippen LogP contribution in [0, 0.1) is 5.82 Å². The molecule has 1 amide bonds. The molecule has 29 heavy (non-hydrogen) atoms. The molecule has 0 saturated carbocycles. The summed E-state index contributed by atoms with van der Waals surface area (Å²) in [6, 6.07) is 9.83. The second kappa shape index (κ2) is 7.05. The van der Waals surface area contributed by atoms with Crippen LogP contribution < -0.4 is 4.90 Å². The van der Waals surface area contributed by atoms with Crippen LogP contribution in [0.15, 0.2) is 65.7 Å². The van der Waals surface area contributed by atoms with Crippen molar-refractivity contribution in [1.29, 1.82) is 0 Å². The molecule has 0 bridgehead atoms.